The monoisotopic (exact) mass is 282 g/mol. The molecule has 1 aromatic carbocycles. The molecule has 0 radical (unpaired) electrons. The van der Waals surface area contributed by atoms with Gasteiger partial charge in [-0.2, -0.15) is 0 Å². The Morgan fingerprint density at radius 3 is 2.90 bits per heavy atom. The molecule has 0 aromatic heterocycles. The average Bonchev–Trinajstić information content (AvgIpc) is 3.10. The van der Waals surface area contributed by atoms with Crippen LogP contribution >= 0.6 is 0 Å². The van der Waals surface area contributed by atoms with E-state index >= 15 is 0 Å². The van der Waals surface area contributed by atoms with E-state index in [-0.39, 0.29) is 11.8 Å². The van der Waals surface area contributed by atoms with Crippen LogP contribution in [0.25, 0.3) is 0 Å². The number of anilines is 1. The second-order valence-corrected chi connectivity index (χ2v) is 6.31. The highest BCUT2D eigenvalue weighted by Gasteiger charge is 2.42. The Labute approximate surface area is 126 Å². The molecule has 21 heavy (non-hydrogen) atoms. The third-order valence-corrected chi connectivity index (χ3v) is 4.91. The Balaban J connectivity index is 1.71. The summed E-state index contributed by atoms with van der Waals surface area (Å²) in [6.07, 6.45) is 4.86. The SMILES string of the molecule is Cc1ccc(NC(=O)C2CC3CCC2C3)cc1C#CCN. The van der Waals surface area contributed by atoms with Gasteiger partial charge in [-0.1, -0.05) is 24.3 Å². The van der Waals surface area contributed by atoms with E-state index in [9.17, 15) is 4.79 Å². The zero-order valence-electron chi connectivity index (χ0n) is 12.5. The van der Waals surface area contributed by atoms with Crippen LogP contribution in [0.15, 0.2) is 18.2 Å². The molecule has 0 saturated heterocycles. The lowest BCUT2D eigenvalue weighted by atomic mass is 9.88. The molecule has 2 aliphatic carbocycles. The zero-order chi connectivity index (χ0) is 14.8. The van der Waals surface area contributed by atoms with Crippen molar-refractivity contribution in [3.8, 4) is 11.8 Å². The standard InChI is InChI=1S/C18H22N2O/c1-12-4-7-16(11-14(12)3-2-8-19)20-18(21)17-10-13-5-6-15(17)9-13/h4,7,11,13,15,17H,5-6,8-10,19H2,1H3,(H,20,21). The molecule has 110 valence electrons. The molecular weight excluding hydrogens is 260 g/mol. The summed E-state index contributed by atoms with van der Waals surface area (Å²) < 4.78 is 0. The first-order valence-corrected chi connectivity index (χ1v) is 7.78. The molecule has 0 aliphatic heterocycles. The number of benzene rings is 1. The molecular formula is C18H22N2O. The van der Waals surface area contributed by atoms with Crippen LogP contribution in [-0.2, 0) is 4.79 Å². The van der Waals surface area contributed by atoms with Gasteiger partial charge in [-0.3, -0.25) is 4.79 Å². The average molecular weight is 282 g/mol. The lowest BCUT2D eigenvalue weighted by Crippen LogP contribution is -2.27. The van der Waals surface area contributed by atoms with Crippen molar-refractivity contribution >= 4 is 11.6 Å². The number of nitrogens with two attached hydrogens (primary N) is 1. The van der Waals surface area contributed by atoms with Gasteiger partial charge in [-0.05, 0) is 55.7 Å². The number of fused-ring (bicyclic) bond motifs is 2. The van der Waals surface area contributed by atoms with Crippen molar-refractivity contribution < 1.29 is 4.79 Å². The van der Waals surface area contributed by atoms with Crippen LogP contribution < -0.4 is 11.1 Å². The molecule has 3 nitrogen and oxygen atoms in total. The van der Waals surface area contributed by atoms with Crippen LogP contribution in [0.4, 0.5) is 5.69 Å². The first-order valence-electron chi connectivity index (χ1n) is 7.78. The largest absolute Gasteiger partial charge is 0.326 e. The van der Waals surface area contributed by atoms with E-state index in [1.807, 2.05) is 25.1 Å². The van der Waals surface area contributed by atoms with Gasteiger partial charge >= 0.3 is 0 Å². The molecule has 3 unspecified atom stereocenters. The van der Waals surface area contributed by atoms with Crippen LogP contribution in [0.1, 0.15) is 36.8 Å². The van der Waals surface area contributed by atoms with Gasteiger partial charge in [0.05, 0.1) is 6.54 Å². The summed E-state index contributed by atoms with van der Waals surface area (Å²) in [5.41, 5.74) is 8.30. The molecule has 3 heteroatoms. The van der Waals surface area contributed by atoms with Gasteiger partial charge in [0, 0.05) is 17.2 Å². The highest BCUT2D eigenvalue weighted by Crippen LogP contribution is 2.48. The topological polar surface area (TPSA) is 55.1 Å². The van der Waals surface area contributed by atoms with E-state index in [0.717, 1.165) is 29.2 Å². The minimum absolute atomic E-state index is 0.184. The van der Waals surface area contributed by atoms with Gasteiger partial charge in [0.1, 0.15) is 0 Å². The first-order chi connectivity index (χ1) is 10.2. The number of rotatable bonds is 2. The van der Waals surface area contributed by atoms with Gasteiger partial charge in [0.15, 0.2) is 0 Å². The minimum atomic E-state index is 0.184. The fourth-order valence-electron chi connectivity index (χ4n) is 3.78. The summed E-state index contributed by atoms with van der Waals surface area (Å²) >= 11 is 0. The Morgan fingerprint density at radius 2 is 2.24 bits per heavy atom. The molecule has 0 spiro atoms. The maximum atomic E-state index is 12.4. The molecule has 1 amide bonds. The molecule has 2 saturated carbocycles. The minimum Gasteiger partial charge on any atom is -0.326 e. The van der Waals surface area contributed by atoms with E-state index in [4.69, 9.17) is 5.73 Å². The maximum Gasteiger partial charge on any atom is 0.227 e. The van der Waals surface area contributed by atoms with Crippen molar-refractivity contribution in [2.75, 3.05) is 11.9 Å². The number of hydrogen-bond acceptors (Lipinski definition) is 2. The van der Waals surface area contributed by atoms with Crippen LogP contribution in [0.3, 0.4) is 0 Å². The predicted octanol–water partition coefficient (Wildman–Crippen LogP) is 2.68. The molecule has 1 aromatic rings. The van der Waals surface area contributed by atoms with Crippen LogP contribution in [0.5, 0.6) is 0 Å². The smallest absolute Gasteiger partial charge is 0.227 e. The lowest BCUT2D eigenvalue weighted by Gasteiger charge is -2.21. The number of carbonyl (C=O) groups excluding carboxylic acids is 1. The van der Waals surface area contributed by atoms with Gasteiger partial charge in [0.25, 0.3) is 0 Å². The quantitative estimate of drug-likeness (QED) is 0.819. The number of nitrogens with one attached hydrogen (secondary N) is 1. The molecule has 2 bridgehead atoms. The van der Waals surface area contributed by atoms with Gasteiger partial charge in [-0.25, -0.2) is 0 Å². The summed E-state index contributed by atoms with van der Waals surface area (Å²) in [5.74, 6) is 7.72. The van der Waals surface area contributed by atoms with Crippen molar-refractivity contribution in [1.29, 1.82) is 0 Å². The number of amides is 1. The molecule has 3 rings (SSSR count). The summed E-state index contributed by atoms with van der Waals surface area (Å²) in [4.78, 5) is 12.4. The van der Waals surface area contributed by atoms with Crippen molar-refractivity contribution in [2.24, 2.45) is 23.5 Å². The van der Waals surface area contributed by atoms with Crippen molar-refractivity contribution in [3.63, 3.8) is 0 Å². The maximum absolute atomic E-state index is 12.4. The molecule has 3 N–H and O–H groups in total. The van der Waals surface area contributed by atoms with Crippen molar-refractivity contribution in [1.82, 2.24) is 0 Å². The predicted molar refractivity (Wildman–Crippen MR) is 84.7 cm³/mol. The number of carbonyl (C=O) groups is 1. The van der Waals surface area contributed by atoms with E-state index < -0.39 is 0 Å². The Bertz CT molecular complexity index is 611. The summed E-state index contributed by atoms with van der Waals surface area (Å²) in [6.45, 7) is 2.36. The summed E-state index contributed by atoms with van der Waals surface area (Å²) in [7, 11) is 0. The van der Waals surface area contributed by atoms with E-state index in [2.05, 4.69) is 17.2 Å². The van der Waals surface area contributed by atoms with E-state index in [1.165, 1.54) is 19.3 Å². The van der Waals surface area contributed by atoms with Crippen LogP contribution in [0, 0.1) is 36.5 Å². The highest BCUT2D eigenvalue weighted by atomic mass is 16.1. The second-order valence-electron chi connectivity index (χ2n) is 6.31. The molecule has 0 heterocycles. The van der Waals surface area contributed by atoms with Gasteiger partial charge in [-0.15, -0.1) is 0 Å². The third-order valence-electron chi connectivity index (χ3n) is 4.91. The molecule has 3 atom stereocenters. The molecule has 2 aliphatic rings. The van der Waals surface area contributed by atoms with Crippen molar-refractivity contribution in [2.45, 2.75) is 32.6 Å². The summed E-state index contributed by atoms with van der Waals surface area (Å²) in [6, 6.07) is 5.90. The normalized spacial score (nSPS) is 26.3. The van der Waals surface area contributed by atoms with Crippen molar-refractivity contribution in [3.05, 3.63) is 29.3 Å². The van der Waals surface area contributed by atoms with Gasteiger partial charge in [0.2, 0.25) is 5.91 Å². The van der Waals surface area contributed by atoms with Gasteiger partial charge < -0.3 is 11.1 Å². The third kappa shape index (κ3) is 2.96. The Morgan fingerprint density at radius 1 is 1.38 bits per heavy atom. The summed E-state index contributed by atoms with van der Waals surface area (Å²) in [5, 5.41) is 3.07. The zero-order valence-corrected chi connectivity index (χ0v) is 12.5. The fourth-order valence-corrected chi connectivity index (χ4v) is 3.78. The number of aryl methyl sites for hydroxylation is 1. The Hall–Kier alpha value is -1.79. The molecule has 2 fully saturated rings. The highest BCUT2D eigenvalue weighted by molar-refractivity contribution is 5.93. The van der Waals surface area contributed by atoms with E-state index in [1.54, 1.807) is 0 Å². The Kier molecular flexibility index (Phi) is 3.98. The fraction of sp³-hybridized carbons (Fsp3) is 0.500. The van der Waals surface area contributed by atoms with E-state index in [0.29, 0.717) is 12.5 Å². The van der Waals surface area contributed by atoms with Crippen LogP contribution in [0.2, 0.25) is 0 Å². The first kappa shape index (κ1) is 14.2. The second kappa shape index (κ2) is 5.91. The number of hydrogen-bond donors (Lipinski definition) is 2. The lowest BCUT2D eigenvalue weighted by molar-refractivity contribution is -0.121. The van der Waals surface area contributed by atoms with Crippen LogP contribution in [-0.4, -0.2) is 12.5 Å².